The van der Waals surface area contributed by atoms with E-state index in [2.05, 4.69) is 41.0 Å². The lowest BCUT2D eigenvalue weighted by molar-refractivity contribution is -0.134. The highest BCUT2D eigenvalue weighted by atomic mass is 32.1. The first kappa shape index (κ1) is 23.1. The third kappa shape index (κ3) is 7.27. The normalized spacial score (nSPS) is 15.8. The second kappa shape index (κ2) is 11.7. The molecular formula is C22H30N2O4S. The number of thiophene rings is 1. The van der Waals surface area contributed by atoms with Crippen molar-refractivity contribution in [3.63, 3.8) is 0 Å². The van der Waals surface area contributed by atoms with Gasteiger partial charge in [-0.2, -0.15) is 0 Å². The Hall–Kier alpha value is -2.22. The van der Waals surface area contributed by atoms with Crippen LogP contribution < -0.4 is 10.6 Å². The average molecular weight is 419 g/mol. The minimum Gasteiger partial charge on any atom is -0.478 e. The molecule has 0 unspecified atom stereocenters. The first-order valence-electron chi connectivity index (χ1n) is 9.99. The quantitative estimate of drug-likeness (QED) is 0.382. The number of fused-ring (bicyclic) bond motifs is 1. The van der Waals surface area contributed by atoms with Gasteiger partial charge in [-0.1, -0.05) is 37.5 Å². The highest BCUT2D eigenvalue weighted by molar-refractivity contribution is 7.19. The minimum atomic E-state index is -1.26. The van der Waals surface area contributed by atoms with Gasteiger partial charge in [0, 0.05) is 21.7 Å². The number of carbonyl (C=O) groups is 2. The molecule has 0 amide bonds. The van der Waals surface area contributed by atoms with Crippen LogP contribution in [-0.2, 0) is 15.1 Å². The lowest BCUT2D eigenvalue weighted by Gasteiger charge is -2.38. The van der Waals surface area contributed by atoms with Crippen LogP contribution in [0.5, 0.6) is 0 Å². The maximum absolute atomic E-state index is 9.55. The molecule has 158 valence electrons. The van der Waals surface area contributed by atoms with Gasteiger partial charge in [0.15, 0.2) is 0 Å². The SMILES string of the molecule is CNCCCNC1(c2cc3ccccc3s2)CCCCC1.O=C(O)/C=C\C(=O)O. The van der Waals surface area contributed by atoms with E-state index in [0.717, 1.165) is 13.1 Å². The van der Waals surface area contributed by atoms with E-state index in [-0.39, 0.29) is 5.54 Å². The van der Waals surface area contributed by atoms with E-state index >= 15 is 0 Å². The van der Waals surface area contributed by atoms with Crippen molar-refractivity contribution in [2.24, 2.45) is 0 Å². The average Bonchev–Trinajstić information content (AvgIpc) is 3.16. The van der Waals surface area contributed by atoms with E-state index in [1.807, 2.05) is 18.4 Å². The van der Waals surface area contributed by atoms with E-state index < -0.39 is 11.9 Å². The smallest absolute Gasteiger partial charge is 0.328 e. The number of aliphatic carboxylic acids is 2. The van der Waals surface area contributed by atoms with Crippen LogP contribution in [0.25, 0.3) is 10.1 Å². The second-order valence-corrected chi connectivity index (χ2v) is 8.27. The van der Waals surface area contributed by atoms with Crippen LogP contribution >= 0.6 is 11.3 Å². The summed E-state index contributed by atoms with van der Waals surface area (Å²) in [6.07, 6.45) is 9.00. The van der Waals surface area contributed by atoms with Crippen molar-refractivity contribution < 1.29 is 19.8 Å². The van der Waals surface area contributed by atoms with Gasteiger partial charge in [0.1, 0.15) is 0 Å². The van der Waals surface area contributed by atoms with Crippen molar-refractivity contribution >= 4 is 33.4 Å². The molecule has 0 saturated heterocycles. The summed E-state index contributed by atoms with van der Waals surface area (Å²) in [6, 6.07) is 11.2. The van der Waals surface area contributed by atoms with Crippen LogP contribution in [0, 0.1) is 0 Å². The molecule has 1 heterocycles. The Labute approximate surface area is 175 Å². The lowest BCUT2D eigenvalue weighted by atomic mass is 9.80. The van der Waals surface area contributed by atoms with Crippen molar-refractivity contribution in [1.29, 1.82) is 0 Å². The molecule has 1 aliphatic carbocycles. The molecule has 1 aromatic heterocycles. The molecule has 1 fully saturated rings. The summed E-state index contributed by atoms with van der Waals surface area (Å²) in [5.41, 5.74) is 0.232. The Bertz CT molecular complexity index is 776. The van der Waals surface area contributed by atoms with Crippen molar-refractivity contribution in [3.8, 4) is 0 Å². The van der Waals surface area contributed by atoms with Gasteiger partial charge in [-0.3, -0.25) is 0 Å². The number of nitrogens with one attached hydrogen (secondary N) is 2. The zero-order valence-corrected chi connectivity index (χ0v) is 17.6. The number of carboxylic acid groups (broad SMARTS) is 2. The standard InChI is InChI=1S/C18H26N2S.C4H4O4/c1-19-12-7-13-20-18(10-5-2-6-11-18)17-14-15-8-3-4-9-16(15)21-17;5-3(6)1-2-4(7)8/h3-4,8-9,14,19-20H,2,5-7,10-13H2,1H3;1-2H,(H,5,6)(H,7,8)/b;2-1-. The Morgan fingerprint density at radius 1 is 1.07 bits per heavy atom. The van der Waals surface area contributed by atoms with E-state index in [1.54, 1.807) is 4.88 Å². The van der Waals surface area contributed by atoms with Crippen molar-refractivity contribution in [3.05, 3.63) is 47.4 Å². The molecule has 0 spiro atoms. The summed E-state index contributed by atoms with van der Waals surface area (Å²) < 4.78 is 1.43. The van der Waals surface area contributed by atoms with E-state index in [1.165, 1.54) is 48.6 Å². The van der Waals surface area contributed by atoms with Crippen LogP contribution in [0.1, 0.15) is 43.4 Å². The van der Waals surface area contributed by atoms with Gasteiger partial charge in [0.2, 0.25) is 0 Å². The summed E-state index contributed by atoms with van der Waals surface area (Å²) in [7, 11) is 2.03. The number of hydrogen-bond donors (Lipinski definition) is 4. The van der Waals surface area contributed by atoms with Gasteiger partial charge < -0.3 is 20.8 Å². The number of carboxylic acids is 2. The van der Waals surface area contributed by atoms with Gasteiger partial charge in [-0.15, -0.1) is 11.3 Å². The zero-order valence-electron chi connectivity index (χ0n) is 16.8. The molecular weight excluding hydrogens is 388 g/mol. The van der Waals surface area contributed by atoms with Gasteiger partial charge in [0.25, 0.3) is 0 Å². The third-order valence-electron chi connectivity index (χ3n) is 5.04. The van der Waals surface area contributed by atoms with Gasteiger partial charge in [-0.05, 0) is 56.9 Å². The largest absolute Gasteiger partial charge is 0.478 e. The molecule has 6 nitrogen and oxygen atoms in total. The van der Waals surface area contributed by atoms with Gasteiger partial charge in [0.05, 0.1) is 5.54 Å². The molecule has 2 aromatic rings. The summed E-state index contributed by atoms with van der Waals surface area (Å²) in [4.78, 5) is 20.7. The van der Waals surface area contributed by atoms with Gasteiger partial charge >= 0.3 is 11.9 Å². The molecule has 1 aromatic carbocycles. The Balaban J connectivity index is 0.000000321. The molecule has 7 heteroatoms. The van der Waals surface area contributed by atoms with Crippen LogP contribution in [0.4, 0.5) is 0 Å². The fraction of sp³-hybridized carbons (Fsp3) is 0.455. The third-order valence-corrected chi connectivity index (χ3v) is 6.36. The fourth-order valence-corrected chi connectivity index (χ4v) is 4.90. The van der Waals surface area contributed by atoms with Crippen LogP contribution in [0.15, 0.2) is 42.5 Å². The van der Waals surface area contributed by atoms with E-state index in [0.29, 0.717) is 12.2 Å². The molecule has 0 bridgehead atoms. The molecule has 1 saturated carbocycles. The maximum Gasteiger partial charge on any atom is 0.328 e. The molecule has 4 N–H and O–H groups in total. The first-order valence-corrected chi connectivity index (χ1v) is 10.8. The maximum atomic E-state index is 9.55. The summed E-state index contributed by atoms with van der Waals surface area (Å²) >= 11 is 1.99. The fourth-order valence-electron chi connectivity index (χ4n) is 3.62. The number of hydrogen-bond acceptors (Lipinski definition) is 5. The van der Waals surface area contributed by atoms with Crippen LogP contribution in [-0.4, -0.2) is 42.3 Å². The lowest BCUT2D eigenvalue weighted by Crippen LogP contribution is -2.44. The van der Waals surface area contributed by atoms with Crippen LogP contribution in [0.3, 0.4) is 0 Å². The molecule has 0 atom stereocenters. The molecule has 3 rings (SSSR count). The summed E-state index contributed by atoms with van der Waals surface area (Å²) in [6.45, 7) is 2.20. The predicted molar refractivity (Wildman–Crippen MR) is 118 cm³/mol. The van der Waals surface area contributed by atoms with Crippen molar-refractivity contribution in [1.82, 2.24) is 10.6 Å². The number of rotatable bonds is 8. The van der Waals surface area contributed by atoms with E-state index in [9.17, 15) is 9.59 Å². The second-order valence-electron chi connectivity index (χ2n) is 7.18. The van der Waals surface area contributed by atoms with Crippen LogP contribution in [0.2, 0.25) is 0 Å². The first-order chi connectivity index (χ1) is 14.0. The number of benzene rings is 1. The Morgan fingerprint density at radius 2 is 1.72 bits per heavy atom. The highest BCUT2D eigenvalue weighted by Gasteiger charge is 2.34. The Morgan fingerprint density at radius 3 is 2.31 bits per heavy atom. The minimum absolute atomic E-state index is 0.232. The Kier molecular flexibility index (Phi) is 9.31. The molecule has 29 heavy (non-hydrogen) atoms. The summed E-state index contributed by atoms with van der Waals surface area (Å²) in [5.74, 6) is -2.51. The van der Waals surface area contributed by atoms with Crippen molar-refractivity contribution in [2.45, 2.75) is 44.1 Å². The topological polar surface area (TPSA) is 98.7 Å². The van der Waals surface area contributed by atoms with E-state index in [4.69, 9.17) is 10.2 Å². The molecule has 0 aliphatic heterocycles. The zero-order chi connectivity index (χ0) is 21.1. The monoisotopic (exact) mass is 418 g/mol. The predicted octanol–water partition coefficient (Wildman–Crippen LogP) is 3.97. The molecule has 0 radical (unpaired) electrons. The summed E-state index contributed by atoms with van der Waals surface area (Å²) in [5, 5.41) is 24.2. The van der Waals surface area contributed by atoms with Gasteiger partial charge in [-0.25, -0.2) is 9.59 Å². The van der Waals surface area contributed by atoms with Crippen molar-refractivity contribution in [2.75, 3.05) is 20.1 Å². The highest BCUT2D eigenvalue weighted by Crippen LogP contribution is 2.42. The molecule has 1 aliphatic rings.